The zero-order chi connectivity index (χ0) is 10.2. The maximum atomic E-state index is 2.26. The number of aromatic nitrogens is 2. The highest BCUT2D eigenvalue weighted by atomic mass is 15.4. The molecule has 1 aromatic heterocycles. The lowest BCUT2D eigenvalue weighted by atomic mass is 10.1. The molecule has 0 saturated carbocycles. The zero-order valence-corrected chi connectivity index (χ0v) is 9.58. The molecule has 0 aliphatic carbocycles. The highest BCUT2D eigenvalue weighted by Gasteiger charge is 2.00. The lowest BCUT2D eigenvalue weighted by Gasteiger charge is -2.00. The Balaban J connectivity index is 2.02. The number of unbranched alkanes of at least 4 members (excludes halogenated alkanes) is 5. The number of nitrogens with zero attached hydrogens (tertiary/aromatic N) is 2. The minimum atomic E-state index is 1.16. The van der Waals surface area contributed by atoms with Crippen molar-refractivity contribution in [3.8, 4) is 0 Å². The fraction of sp³-hybridized carbons (Fsp3) is 0.750. The molecule has 0 unspecified atom stereocenters. The molecule has 0 spiro atoms. The van der Waals surface area contributed by atoms with Crippen molar-refractivity contribution in [3.05, 3.63) is 18.5 Å². The van der Waals surface area contributed by atoms with Gasteiger partial charge in [-0.05, 0) is 6.42 Å². The molecular weight excluding hydrogens is 172 g/mol. The van der Waals surface area contributed by atoms with Gasteiger partial charge in [0.15, 0.2) is 13.2 Å². The summed E-state index contributed by atoms with van der Waals surface area (Å²) in [6.45, 7) is 3.43. The quantitative estimate of drug-likeness (QED) is 0.467. The van der Waals surface area contributed by atoms with Gasteiger partial charge in [0, 0.05) is 6.07 Å². The van der Waals surface area contributed by atoms with Gasteiger partial charge in [-0.2, -0.15) is 4.68 Å². The van der Waals surface area contributed by atoms with E-state index in [2.05, 4.69) is 41.8 Å². The first-order chi connectivity index (χ1) is 6.84. The molecular formula is C12H23N2+. The molecule has 0 amide bonds. The van der Waals surface area contributed by atoms with Gasteiger partial charge < -0.3 is 0 Å². The van der Waals surface area contributed by atoms with E-state index >= 15 is 0 Å². The fourth-order valence-corrected chi connectivity index (χ4v) is 1.74. The van der Waals surface area contributed by atoms with Crippen LogP contribution in [-0.2, 0) is 13.6 Å². The molecule has 1 rings (SSSR count). The van der Waals surface area contributed by atoms with Gasteiger partial charge in [-0.1, -0.05) is 39.0 Å². The van der Waals surface area contributed by atoms with Crippen LogP contribution in [0.5, 0.6) is 0 Å². The summed E-state index contributed by atoms with van der Waals surface area (Å²) in [5.74, 6) is 0. The third-order valence-corrected chi connectivity index (χ3v) is 2.71. The van der Waals surface area contributed by atoms with Crippen LogP contribution in [0.4, 0.5) is 0 Å². The second-order valence-corrected chi connectivity index (χ2v) is 4.00. The summed E-state index contributed by atoms with van der Waals surface area (Å²) in [5, 5.41) is 0. The molecule has 0 bridgehead atoms. The topological polar surface area (TPSA) is 8.81 Å². The van der Waals surface area contributed by atoms with E-state index in [0.29, 0.717) is 0 Å². The van der Waals surface area contributed by atoms with Crippen LogP contribution in [0.3, 0.4) is 0 Å². The largest absolute Gasteiger partial charge is 0.195 e. The van der Waals surface area contributed by atoms with Crippen molar-refractivity contribution in [1.82, 2.24) is 4.68 Å². The average Bonchev–Trinajstić information content (AvgIpc) is 2.58. The Labute approximate surface area is 87.5 Å². The Hall–Kier alpha value is -0.790. The molecule has 0 saturated heterocycles. The fourth-order valence-electron chi connectivity index (χ4n) is 1.74. The Morgan fingerprint density at radius 1 is 1.07 bits per heavy atom. The third-order valence-electron chi connectivity index (χ3n) is 2.71. The van der Waals surface area contributed by atoms with Gasteiger partial charge in [-0.3, -0.25) is 0 Å². The van der Waals surface area contributed by atoms with Crippen molar-refractivity contribution in [2.45, 2.75) is 52.0 Å². The van der Waals surface area contributed by atoms with Gasteiger partial charge in [0.25, 0.3) is 0 Å². The molecule has 0 aliphatic rings. The highest BCUT2D eigenvalue weighted by Crippen LogP contribution is 2.05. The van der Waals surface area contributed by atoms with Gasteiger partial charge in [0.05, 0.1) is 12.7 Å². The van der Waals surface area contributed by atoms with Crippen LogP contribution in [0.2, 0.25) is 0 Å². The van der Waals surface area contributed by atoms with E-state index < -0.39 is 0 Å². The van der Waals surface area contributed by atoms with Crippen molar-refractivity contribution in [2.75, 3.05) is 0 Å². The van der Waals surface area contributed by atoms with Crippen LogP contribution < -0.4 is 4.68 Å². The van der Waals surface area contributed by atoms with Gasteiger partial charge >= 0.3 is 0 Å². The molecule has 0 fully saturated rings. The first-order valence-corrected chi connectivity index (χ1v) is 5.85. The lowest BCUT2D eigenvalue weighted by Crippen LogP contribution is -2.37. The van der Waals surface area contributed by atoms with Gasteiger partial charge in [0.2, 0.25) is 0 Å². The van der Waals surface area contributed by atoms with Gasteiger partial charge in [-0.25, -0.2) is 0 Å². The van der Waals surface area contributed by atoms with Crippen molar-refractivity contribution in [2.24, 2.45) is 7.05 Å². The summed E-state index contributed by atoms with van der Waals surface area (Å²) >= 11 is 0. The van der Waals surface area contributed by atoms with Crippen molar-refractivity contribution in [1.29, 1.82) is 0 Å². The Bertz CT molecular complexity index is 240. The second-order valence-electron chi connectivity index (χ2n) is 4.00. The average molecular weight is 195 g/mol. The van der Waals surface area contributed by atoms with E-state index in [4.69, 9.17) is 0 Å². The van der Waals surface area contributed by atoms with Crippen molar-refractivity contribution < 1.29 is 4.68 Å². The standard InChI is InChI=1S/C12H23N2/c1-3-4-5-6-7-8-11-14-12-9-10-13(14)2/h9-10,12H,3-8,11H2,1-2H3/q+1. The Kier molecular flexibility index (Phi) is 5.35. The minimum absolute atomic E-state index is 1.16. The van der Waals surface area contributed by atoms with E-state index in [-0.39, 0.29) is 0 Å². The first-order valence-electron chi connectivity index (χ1n) is 5.85. The molecule has 1 heterocycles. The normalized spacial score (nSPS) is 10.7. The molecule has 80 valence electrons. The van der Waals surface area contributed by atoms with Crippen LogP contribution in [0.15, 0.2) is 18.5 Å². The zero-order valence-electron chi connectivity index (χ0n) is 9.58. The molecule has 2 heteroatoms. The summed E-state index contributed by atoms with van der Waals surface area (Å²) in [7, 11) is 2.09. The Morgan fingerprint density at radius 3 is 2.43 bits per heavy atom. The number of aryl methyl sites for hydroxylation is 2. The van der Waals surface area contributed by atoms with Crippen LogP contribution in [0.1, 0.15) is 45.4 Å². The van der Waals surface area contributed by atoms with Crippen LogP contribution in [0.25, 0.3) is 0 Å². The molecule has 14 heavy (non-hydrogen) atoms. The van der Waals surface area contributed by atoms with Crippen molar-refractivity contribution in [3.63, 3.8) is 0 Å². The number of rotatable bonds is 7. The number of hydrogen-bond acceptors (Lipinski definition) is 0. The molecule has 0 radical (unpaired) electrons. The Morgan fingerprint density at radius 2 is 1.79 bits per heavy atom. The SMILES string of the molecule is CCCCCCCCn1ccc[n+]1C. The maximum absolute atomic E-state index is 2.26. The smallest absolute Gasteiger partial charge is 0.161 e. The molecule has 0 N–H and O–H groups in total. The molecule has 0 aromatic carbocycles. The number of hydrogen-bond donors (Lipinski definition) is 0. The first kappa shape index (κ1) is 11.3. The van der Waals surface area contributed by atoms with Gasteiger partial charge in [0.1, 0.15) is 0 Å². The highest BCUT2D eigenvalue weighted by molar-refractivity contribution is 4.71. The summed E-state index contributed by atoms with van der Waals surface area (Å²) in [6.07, 6.45) is 12.5. The summed E-state index contributed by atoms with van der Waals surface area (Å²) in [4.78, 5) is 0. The molecule has 0 aliphatic heterocycles. The minimum Gasteiger partial charge on any atom is -0.161 e. The van der Waals surface area contributed by atoms with Crippen LogP contribution in [-0.4, -0.2) is 4.68 Å². The molecule has 1 aromatic rings. The molecule has 0 atom stereocenters. The van der Waals surface area contributed by atoms with Crippen molar-refractivity contribution >= 4 is 0 Å². The van der Waals surface area contributed by atoms with Crippen LogP contribution in [0, 0.1) is 0 Å². The maximum Gasteiger partial charge on any atom is 0.195 e. The summed E-state index contributed by atoms with van der Waals surface area (Å²) in [5.41, 5.74) is 0. The lowest BCUT2D eigenvalue weighted by molar-refractivity contribution is -0.753. The molecule has 2 nitrogen and oxygen atoms in total. The second kappa shape index (κ2) is 6.63. The van der Waals surface area contributed by atoms with E-state index in [0.717, 1.165) is 6.54 Å². The summed E-state index contributed by atoms with van der Waals surface area (Å²) < 4.78 is 4.41. The van der Waals surface area contributed by atoms with E-state index in [1.807, 2.05) is 0 Å². The summed E-state index contributed by atoms with van der Waals surface area (Å²) in [6, 6.07) is 2.09. The van der Waals surface area contributed by atoms with E-state index in [1.54, 1.807) is 0 Å². The van der Waals surface area contributed by atoms with E-state index in [1.165, 1.54) is 38.5 Å². The van der Waals surface area contributed by atoms with E-state index in [9.17, 15) is 0 Å². The predicted molar refractivity (Wildman–Crippen MR) is 59.0 cm³/mol. The monoisotopic (exact) mass is 195 g/mol. The van der Waals surface area contributed by atoms with Gasteiger partial charge in [-0.15, -0.1) is 4.68 Å². The predicted octanol–water partition coefficient (Wildman–Crippen LogP) is 2.67. The third kappa shape index (κ3) is 3.95. The van der Waals surface area contributed by atoms with Crippen LogP contribution >= 0.6 is 0 Å².